The van der Waals surface area contributed by atoms with Gasteiger partial charge in [-0.15, -0.1) is 0 Å². The molecule has 128 valence electrons. The predicted molar refractivity (Wildman–Crippen MR) is 90.6 cm³/mol. The molecule has 2 aromatic rings. The van der Waals surface area contributed by atoms with E-state index in [4.69, 9.17) is 10.5 Å². The van der Waals surface area contributed by atoms with Gasteiger partial charge in [-0.1, -0.05) is 0 Å². The van der Waals surface area contributed by atoms with Crippen LogP contribution in [0.4, 0.5) is 11.8 Å². The zero-order chi connectivity index (χ0) is 16.5. The van der Waals surface area contributed by atoms with Crippen molar-refractivity contribution in [2.45, 2.75) is 37.5 Å². The fraction of sp³-hybridized carbons (Fsp3) is 0.562. The summed E-state index contributed by atoms with van der Waals surface area (Å²) in [7, 11) is 1.76. The number of H-pyrrole nitrogens is 1. The summed E-state index contributed by atoms with van der Waals surface area (Å²) in [5, 5.41) is 11.1. The summed E-state index contributed by atoms with van der Waals surface area (Å²) in [4.78, 5) is 10.5. The molecule has 1 aliphatic heterocycles. The Kier molecular flexibility index (Phi) is 4.07. The molecule has 1 fully saturated rings. The minimum absolute atomic E-state index is 0.106. The first-order valence-corrected chi connectivity index (χ1v) is 8.39. The number of nitrogen functional groups attached to an aromatic ring is 1. The third kappa shape index (κ3) is 2.83. The minimum Gasteiger partial charge on any atom is -0.378 e. The van der Waals surface area contributed by atoms with Gasteiger partial charge in [0.15, 0.2) is 0 Å². The van der Waals surface area contributed by atoms with E-state index in [0.717, 1.165) is 31.7 Å². The number of aromatic amines is 1. The second-order valence-electron chi connectivity index (χ2n) is 6.48. The van der Waals surface area contributed by atoms with E-state index < -0.39 is 0 Å². The molecule has 4 N–H and O–H groups in total. The van der Waals surface area contributed by atoms with Crippen LogP contribution in [0.25, 0.3) is 0 Å². The molecule has 3 heterocycles. The van der Waals surface area contributed by atoms with Crippen molar-refractivity contribution in [2.24, 2.45) is 0 Å². The molecule has 2 aromatic heterocycles. The van der Waals surface area contributed by atoms with Gasteiger partial charge in [-0.2, -0.15) is 10.1 Å². The summed E-state index contributed by atoms with van der Waals surface area (Å²) in [6.45, 7) is 1.61. The Morgan fingerprint density at radius 2 is 2.33 bits per heavy atom. The van der Waals surface area contributed by atoms with E-state index in [1.807, 2.05) is 12.3 Å². The zero-order valence-corrected chi connectivity index (χ0v) is 13.8. The van der Waals surface area contributed by atoms with Crippen LogP contribution in [-0.4, -0.2) is 52.5 Å². The molecule has 1 unspecified atom stereocenters. The van der Waals surface area contributed by atoms with Crippen molar-refractivity contribution >= 4 is 11.8 Å². The van der Waals surface area contributed by atoms with Gasteiger partial charge in [0.1, 0.15) is 5.82 Å². The van der Waals surface area contributed by atoms with E-state index >= 15 is 0 Å². The van der Waals surface area contributed by atoms with Crippen molar-refractivity contribution in [3.63, 3.8) is 0 Å². The highest BCUT2D eigenvalue weighted by atomic mass is 16.5. The quantitative estimate of drug-likeness (QED) is 0.756. The predicted octanol–water partition coefficient (Wildman–Crippen LogP) is 0.653. The van der Waals surface area contributed by atoms with Gasteiger partial charge in [-0.3, -0.25) is 5.10 Å². The minimum atomic E-state index is 0.106. The Morgan fingerprint density at radius 3 is 3.17 bits per heavy atom. The molecule has 2 aliphatic rings. The number of nitrogens with zero attached hydrogens (tertiary/aromatic N) is 4. The van der Waals surface area contributed by atoms with Crippen molar-refractivity contribution in [2.75, 3.05) is 30.8 Å². The monoisotopic (exact) mass is 329 g/mol. The van der Waals surface area contributed by atoms with E-state index in [9.17, 15) is 0 Å². The van der Waals surface area contributed by atoms with Crippen LogP contribution in [0.3, 0.4) is 0 Å². The lowest BCUT2D eigenvalue weighted by atomic mass is 9.93. The third-order valence-corrected chi connectivity index (χ3v) is 5.01. The van der Waals surface area contributed by atoms with Gasteiger partial charge in [0.2, 0.25) is 5.95 Å². The lowest BCUT2D eigenvalue weighted by Crippen LogP contribution is -2.43. The SMILES string of the molecule is CO[C@@H]1CN(c2ccnc(N)n2)C[C@@H]1NC1CCCc2cn[nH]c21. The van der Waals surface area contributed by atoms with Crippen LogP contribution in [0.2, 0.25) is 0 Å². The van der Waals surface area contributed by atoms with Crippen molar-refractivity contribution < 1.29 is 4.74 Å². The number of fused-ring (bicyclic) bond motifs is 1. The maximum Gasteiger partial charge on any atom is 0.221 e. The number of rotatable bonds is 4. The molecule has 0 radical (unpaired) electrons. The molecule has 0 amide bonds. The fourth-order valence-electron chi connectivity index (χ4n) is 3.79. The van der Waals surface area contributed by atoms with Crippen molar-refractivity contribution in [3.05, 3.63) is 29.7 Å². The van der Waals surface area contributed by atoms with E-state index in [1.54, 1.807) is 13.3 Å². The number of methoxy groups -OCH3 is 1. The van der Waals surface area contributed by atoms with Crippen molar-refractivity contribution in [1.82, 2.24) is 25.5 Å². The van der Waals surface area contributed by atoms with Crippen LogP contribution >= 0.6 is 0 Å². The molecule has 0 aromatic carbocycles. The number of anilines is 2. The molecule has 4 rings (SSSR count). The molecule has 1 aliphatic carbocycles. The number of aryl methyl sites for hydroxylation is 1. The van der Waals surface area contributed by atoms with Crippen LogP contribution in [0.5, 0.6) is 0 Å². The van der Waals surface area contributed by atoms with E-state index in [1.165, 1.54) is 17.7 Å². The Hall–Kier alpha value is -2.19. The van der Waals surface area contributed by atoms with Crippen LogP contribution in [-0.2, 0) is 11.2 Å². The lowest BCUT2D eigenvalue weighted by molar-refractivity contribution is 0.0919. The molecular formula is C16H23N7O. The van der Waals surface area contributed by atoms with Gasteiger partial charge in [0, 0.05) is 32.4 Å². The highest BCUT2D eigenvalue weighted by molar-refractivity contribution is 5.43. The smallest absolute Gasteiger partial charge is 0.221 e. The molecule has 8 heteroatoms. The number of nitrogens with one attached hydrogen (secondary N) is 2. The summed E-state index contributed by atoms with van der Waals surface area (Å²) < 4.78 is 5.71. The number of ether oxygens (including phenoxy) is 1. The first kappa shape index (κ1) is 15.3. The van der Waals surface area contributed by atoms with Crippen LogP contribution in [0, 0.1) is 0 Å². The highest BCUT2D eigenvalue weighted by Crippen LogP contribution is 2.30. The zero-order valence-electron chi connectivity index (χ0n) is 13.8. The largest absolute Gasteiger partial charge is 0.378 e. The molecule has 0 spiro atoms. The third-order valence-electron chi connectivity index (χ3n) is 5.01. The molecule has 1 saturated heterocycles. The highest BCUT2D eigenvalue weighted by Gasteiger charge is 2.36. The molecule has 8 nitrogen and oxygen atoms in total. The number of hydrogen-bond donors (Lipinski definition) is 3. The summed E-state index contributed by atoms with van der Waals surface area (Å²) in [6.07, 6.45) is 7.15. The van der Waals surface area contributed by atoms with Gasteiger partial charge in [0.25, 0.3) is 0 Å². The topological polar surface area (TPSA) is 105 Å². The van der Waals surface area contributed by atoms with E-state index in [2.05, 4.69) is 30.4 Å². The van der Waals surface area contributed by atoms with Gasteiger partial charge in [0.05, 0.1) is 24.0 Å². The van der Waals surface area contributed by atoms with Crippen molar-refractivity contribution in [3.8, 4) is 0 Å². The maximum absolute atomic E-state index is 5.71. The number of hydrogen-bond acceptors (Lipinski definition) is 7. The summed E-state index contributed by atoms with van der Waals surface area (Å²) in [6, 6.07) is 2.42. The van der Waals surface area contributed by atoms with Gasteiger partial charge >= 0.3 is 0 Å². The van der Waals surface area contributed by atoms with E-state index in [-0.39, 0.29) is 12.1 Å². The molecule has 24 heavy (non-hydrogen) atoms. The molecular weight excluding hydrogens is 306 g/mol. The standard InChI is InChI=1S/C16H23N7O/c1-24-13-9-23(14-5-6-18-16(17)21-14)8-12(13)20-11-4-2-3-10-7-19-22-15(10)11/h5-7,11-13,20H,2-4,8-9H2,1H3,(H,19,22)(H2,17,18,21)/t11?,12-,13+/m0/s1. The normalized spacial score (nSPS) is 26.5. The first-order valence-electron chi connectivity index (χ1n) is 8.39. The Labute approximate surface area is 140 Å². The Bertz CT molecular complexity index is 703. The number of aromatic nitrogens is 4. The van der Waals surface area contributed by atoms with E-state index in [0.29, 0.717) is 12.0 Å². The van der Waals surface area contributed by atoms with Crippen molar-refractivity contribution in [1.29, 1.82) is 0 Å². The fourth-order valence-corrected chi connectivity index (χ4v) is 3.79. The maximum atomic E-state index is 5.71. The second-order valence-corrected chi connectivity index (χ2v) is 6.48. The Balaban J connectivity index is 1.49. The van der Waals surface area contributed by atoms with Gasteiger partial charge < -0.3 is 20.7 Å². The van der Waals surface area contributed by atoms with Crippen LogP contribution in [0.1, 0.15) is 30.1 Å². The molecule has 0 bridgehead atoms. The number of nitrogens with two attached hydrogens (primary N) is 1. The average Bonchev–Trinajstić information content (AvgIpc) is 3.22. The molecule has 3 atom stereocenters. The van der Waals surface area contributed by atoms with Gasteiger partial charge in [-0.25, -0.2) is 4.98 Å². The lowest BCUT2D eigenvalue weighted by Gasteiger charge is -2.28. The Morgan fingerprint density at radius 1 is 1.42 bits per heavy atom. The summed E-state index contributed by atoms with van der Waals surface area (Å²) in [5.74, 6) is 1.15. The molecule has 0 saturated carbocycles. The average molecular weight is 329 g/mol. The first-order chi connectivity index (χ1) is 11.7. The van der Waals surface area contributed by atoms with Crippen LogP contribution < -0.4 is 16.0 Å². The summed E-state index contributed by atoms with van der Waals surface area (Å²) in [5.41, 5.74) is 8.26. The van der Waals surface area contributed by atoms with Gasteiger partial charge in [-0.05, 0) is 30.9 Å². The summed E-state index contributed by atoms with van der Waals surface area (Å²) >= 11 is 0. The van der Waals surface area contributed by atoms with Crippen LogP contribution in [0.15, 0.2) is 18.5 Å². The second kappa shape index (κ2) is 6.37.